The molecule has 0 unspecified atom stereocenters. The summed E-state index contributed by atoms with van der Waals surface area (Å²) >= 11 is 0. The van der Waals surface area contributed by atoms with Crippen molar-refractivity contribution in [3.05, 3.63) is 218 Å². The summed E-state index contributed by atoms with van der Waals surface area (Å²) < 4.78 is 0. The summed E-state index contributed by atoms with van der Waals surface area (Å²) in [6.07, 6.45) is 0. The fourth-order valence-electron chi connectivity index (χ4n) is 8.47. The van der Waals surface area contributed by atoms with Gasteiger partial charge in [0, 0.05) is 44.3 Å². The predicted molar refractivity (Wildman–Crippen MR) is 236 cm³/mol. The van der Waals surface area contributed by atoms with Crippen molar-refractivity contribution in [3.8, 4) is 11.1 Å². The molecular formula is C53H38N2. The van der Waals surface area contributed by atoms with Gasteiger partial charge in [-0.2, -0.15) is 0 Å². The fraction of sp³-hybridized carbons (Fsp3) is 0.0189. The first-order valence-corrected chi connectivity index (χ1v) is 19.0. The normalized spacial score (nSPS) is 11.4. The van der Waals surface area contributed by atoms with Gasteiger partial charge in [-0.05, 0) is 88.1 Å². The van der Waals surface area contributed by atoms with Gasteiger partial charge in [0.15, 0.2) is 0 Å². The van der Waals surface area contributed by atoms with Crippen LogP contribution in [0, 0.1) is 6.92 Å². The lowest BCUT2D eigenvalue weighted by Crippen LogP contribution is -2.12. The maximum atomic E-state index is 2.44. The Morgan fingerprint density at radius 3 is 0.764 bits per heavy atom. The third kappa shape index (κ3) is 5.50. The highest BCUT2D eigenvalue weighted by Gasteiger charge is 2.26. The predicted octanol–water partition coefficient (Wildman–Crippen LogP) is 15.2. The Labute approximate surface area is 321 Å². The third-order valence-electron chi connectivity index (χ3n) is 10.8. The van der Waals surface area contributed by atoms with E-state index in [9.17, 15) is 0 Å². The molecule has 0 aliphatic carbocycles. The van der Waals surface area contributed by atoms with Crippen LogP contribution in [0.4, 0.5) is 34.1 Å². The van der Waals surface area contributed by atoms with Crippen LogP contribution in [0.2, 0.25) is 0 Å². The zero-order valence-corrected chi connectivity index (χ0v) is 30.6. The zero-order valence-electron chi connectivity index (χ0n) is 30.6. The average molecular weight is 703 g/mol. The lowest BCUT2D eigenvalue weighted by atomic mass is 9.84. The molecule has 0 atom stereocenters. The summed E-state index contributed by atoms with van der Waals surface area (Å²) in [5.74, 6) is 0. The molecule has 0 aromatic heterocycles. The molecule has 0 aliphatic heterocycles. The van der Waals surface area contributed by atoms with Crippen molar-refractivity contribution in [2.75, 3.05) is 9.80 Å². The third-order valence-corrected chi connectivity index (χ3v) is 10.8. The smallest absolute Gasteiger partial charge is 0.0618 e. The number of hydrogen-bond acceptors (Lipinski definition) is 2. The average Bonchev–Trinajstić information content (AvgIpc) is 3.25. The van der Waals surface area contributed by atoms with Crippen LogP contribution in [0.5, 0.6) is 0 Å². The summed E-state index contributed by atoms with van der Waals surface area (Å²) in [4.78, 5) is 4.86. The maximum Gasteiger partial charge on any atom is 0.0618 e. The van der Waals surface area contributed by atoms with Gasteiger partial charge in [-0.1, -0.05) is 169 Å². The van der Waals surface area contributed by atoms with Crippen molar-refractivity contribution >= 4 is 77.2 Å². The highest BCUT2D eigenvalue weighted by Crippen LogP contribution is 2.53. The van der Waals surface area contributed by atoms with E-state index >= 15 is 0 Å². The second kappa shape index (κ2) is 13.7. The van der Waals surface area contributed by atoms with Gasteiger partial charge < -0.3 is 9.80 Å². The first kappa shape index (κ1) is 32.5. The molecule has 0 amide bonds. The number of benzene rings is 10. The molecule has 0 spiro atoms. The molecule has 0 heterocycles. The number of aryl methyl sites for hydroxylation is 1. The van der Waals surface area contributed by atoms with E-state index in [0.717, 1.165) is 22.7 Å². The first-order chi connectivity index (χ1) is 27.3. The van der Waals surface area contributed by atoms with E-state index in [1.54, 1.807) is 0 Å². The van der Waals surface area contributed by atoms with Gasteiger partial charge in [-0.25, -0.2) is 0 Å². The van der Waals surface area contributed by atoms with Crippen LogP contribution in [0.15, 0.2) is 212 Å². The number of anilines is 6. The van der Waals surface area contributed by atoms with Crippen LogP contribution in [0.1, 0.15) is 5.56 Å². The highest BCUT2D eigenvalue weighted by molar-refractivity contribution is 6.30. The molecule has 2 heteroatoms. The minimum absolute atomic E-state index is 1.12. The lowest BCUT2D eigenvalue weighted by molar-refractivity contribution is 1.30. The van der Waals surface area contributed by atoms with Crippen molar-refractivity contribution in [1.29, 1.82) is 0 Å². The van der Waals surface area contributed by atoms with Gasteiger partial charge in [0.05, 0.1) is 11.4 Å². The molecule has 0 radical (unpaired) electrons. The minimum atomic E-state index is 1.12. The molecule has 10 aromatic carbocycles. The number of hydrogen-bond donors (Lipinski definition) is 0. The van der Waals surface area contributed by atoms with Gasteiger partial charge in [-0.15, -0.1) is 0 Å². The number of para-hydroxylation sites is 3. The van der Waals surface area contributed by atoms with E-state index < -0.39 is 0 Å². The SMILES string of the molecule is Cc1ccc(N(c2ccccc2)c2c3ccccc3c(-c3c4ccccc4c(N(c4ccccc4)c4ccccc4)c4ccccc34)c3ccccc23)cc1. The number of fused-ring (bicyclic) bond motifs is 4. The van der Waals surface area contributed by atoms with E-state index in [4.69, 9.17) is 0 Å². The topological polar surface area (TPSA) is 6.48 Å². The van der Waals surface area contributed by atoms with Crippen molar-refractivity contribution in [2.24, 2.45) is 0 Å². The first-order valence-electron chi connectivity index (χ1n) is 19.0. The van der Waals surface area contributed by atoms with Crippen LogP contribution in [0.3, 0.4) is 0 Å². The number of nitrogens with zero attached hydrogens (tertiary/aromatic N) is 2. The summed E-state index contributed by atoms with van der Waals surface area (Å²) in [6, 6.07) is 77.1. The molecule has 0 aliphatic rings. The molecule has 0 fully saturated rings. The summed E-state index contributed by atoms with van der Waals surface area (Å²) in [7, 11) is 0. The van der Waals surface area contributed by atoms with Crippen molar-refractivity contribution in [1.82, 2.24) is 0 Å². The Morgan fingerprint density at radius 2 is 0.473 bits per heavy atom. The molecule has 0 saturated carbocycles. The Morgan fingerprint density at radius 1 is 0.236 bits per heavy atom. The van der Waals surface area contributed by atoms with Crippen LogP contribution < -0.4 is 9.80 Å². The molecule has 0 saturated heterocycles. The van der Waals surface area contributed by atoms with Crippen molar-refractivity contribution < 1.29 is 0 Å². The van der Waals surface area contributed by atoms with E-state index in [-0.39, 0.29) is 0 Å². The number of rotatable bonds is 7. The maximum absolute atomic E-state index is 2.44. The van der Waals surface area contributed by atoms with Gasteiger partial charge in [0.25, 0.3) is 0 Å². The van der Waals surface area contributed by atoms with Crippen LogP contribution in [0.25, 0.3) is 54.2 Å². The van der Waals surface area contributed by atoms with Crippen LogP contribution in [-0.4, -0.2) is 0 Å². The van der Waals surface area contributed by atoms with E-state index in [0.29, 0.717) is 0 Å². The Balaban J connectivity index is 1.35. The molecule has 0 bridgehead atoms. The highest BCUT2D eigenvalue weighted by atomic mass is 15.2. The second-order valence-electron chi connectivity index (χ2n) is 14.1. The summed E-state index contributed by atoms with van der Waals surface area (Å²) in [6.45, 7) is 2.15. The second-order valence-corrected chi connectivity index (χ2v) is 14.1. The largest absolute Gasteiger partial charge is 0.309 e. The quantitative estimate of drug-likeness (QED) is 0.153. The Bertz CT molecular complexity index is 2820. The minimum Gasteiger partial charge on any atom is -0.309 e. The lowest BCUT2D eigenvalue weighted by Gasteiger charge is -2.31. The molecule has 10 aromatic rings. The Hall–Kier alpha value is -7.16. The van der Waals surface area contributed by atoms with Gasteiger partial charge >= 0.3 is 0 Å². The van der Waals surface area contributed by atoms with Crippen LogP contribution in [-0.2, 0) is 0 Å². The summed E-state index contributed by atoms with van der Waals surface area (Å²) in [5.41, 5.74) is 10.6. The van der Waals surface area contributed by atoms with E-state index in [1.807, 2.05) is 0 Å². The molecular weight excluding hydrogens is 665 g/mol. The monoisotopic (exact) mass is 702 g/mol. The standard InChI is InChI=1S/C53H38N2/c1-37-33-35-41(36-34-37)55(40-23-9-4-10-24-40)53-48-31-17-13-27-44(48)51(45-28-14-18-32-49(45)53)50-42-25-11-15-29-46(42)52(47-30-16-12-26-43(47)50)54(38-19-5-2-6-20-38)39-21-7-3-8-22-39/h2-36H,1H3. The molecule has 260 valence electrons. The van der Waals surface area contributed by atoms with Crippen molar-refractivity contribution in [3.63, 3.8) is 0 Å². The molecule has 2 nitrogen and oxygen atoms in total. The fourth-order valence-corrected chi connectivity index (χ4v) is 8.47. The molecule has 10 rings (SSSR count). The van der Waals surface area contributed by atoms with Gasteiger partial charge in [-0.3, -0.25) is 0 Å². The van der Waals surface area contributed by atoms with Gasteiger partial charge in [0.2, 0.25) is 0 Å². The van der Waals surface area contributed by atoms with Gasteiger partial charge in [0.1, 0.15) is 0 Å². The molecule has 0 N–H and O–H groups in total. The van der Waals surface area contributed by atoms with E-state index in [2.05, 4.69) is 229 Å². The molecule has 55 heavy (non-hydrogen) atoms. The van der Waals surface area contributed by atoms with Crippen LogP contribution >= 0.6 is 0 Å². The zero-order chi connectivity index (χ0) is 36.7. The van der Waals surface area contributed by atoms with Crippen molar-refractivity contribution in [2.45, 2.75) is 6.92 Å². The van der Waals surface area contributed by atoms with E-state index in [1.165, 1.54) is 71.2 Å². The Kier molecular flexibility index (Phi) is 8.08. The summed E-state index contributed by atoms with van der Waals surface area (Å²) in [5, 5.41) is 9.68.